The molecule has 1 aromatic rings. The van der Waals surface area contributed by atoms with E-state index in [2.05, 4.69) is 23.7 Å². The van der Waals surface area contributed by atoms with Crippen molar-refractivity contribution >= 4 is 11.6 Å². The fourth-order valence-corrected chi connectivity index (χ4v) is 1.84. The molecule has 0 atom stereocenters. The van der Waals surface area contributed by atoms with Crippen molar-refractivity contribution in [2.45, 2.75) is 39.3 Å². The molecule has 2 nitrogen and oxygen atoms in total. The molecule has 0 aromatic carbocycles. The molecule has 0 unspecified atom stereocenters. The summed E-state index contributed by atoms with van der Waals surface area (Å²) < 4.78 is 2.07. The fourth-order valence-electron chi connectivity index (χ4n) is 1.57. The van der Waals surface area contributed by atoms with E-state index in [1.807, 2.05) is 19.3 Å². The third-order valence-corrected chi connectivity index (χ3v) is 2.84. The Kier molecular flexibility index (Phi) is 4.49. The SMILES string of the molecule is CCC(CC)NCc1cc(Cl)cn1C. The quantitative estimate of drug-likeness (QED) is 0.798. The van der Waals surface area contributed by atoms with Gasteiger partial charge >= 0.3 is 0 Å². The van der Waals surface area contributed by atoms with Crippen LogP contribution >= 0.6 is 11.6 Å². The first-order valence-corrected chi connectivity index (χ1v) is 5.59. The van der Waals surface area contributed by atoms with Crippen LogP contribution in [-0.2, 0) is 13.6 Å². The van der Waals surface area contributed by atoms with E-state index in [9.17, 15) is 0 Å². The minimum absolute atomic E-state index is 0.615. The highest BCUT2D eigenvalue weighted by Crippen LogP contribution is 2.12. The summed E-state index contributed by atoms with van der Waals surface area (Å²) in [5.74, 6) is 0. The van der Waals surface area contributed by atoms with Gasteiger partial charge in [0.2, 0.25) is 0 Å². The van der Waals surface area contributed by atoms with Crippen LogP contribution in [0.3, 0.4) is 0 Å². The Labute approximate surface area is 91.3 Å². The second kappa shape index (κ2) is 5.42. The molecule has 0 aliphatic rings. The van der Waals surface area contributed by atoms with Crippen molar-refractivity contribution in [3.8, 4) is 0 Å². The summed E-state index contributed by atoms with van der Waals surface area (Å²) >= 11 is 5.90. The van der Waals surface area contributed by atoms with Gasteiger partial charge in [-0.25, -0.2) is 0 Å². The molecule has 0 aliphatic heterocycles. The predicted molar refractivity (Wildman–Crippen MR) is 61.6 cm³/mol. The van der Waals surface area contributed by atoms with E-state index in [4.69, 9.17) is 11.6 Å². The molecule has 0 bridgehead atoms. The van der Waals surface area contributed by atoms with Crippen molar-refractivity contribution in [2.24, 2.45) is 7.05 Å². The minimum Gasteiger partial charge on any atom is -0.352 e. The van der Waals surface area contributed by atoms with Crippen molar-refractivity contribution in [3.63, 3.8) is 0 Å². The number of nitrogens with one attached hydrogen (secondary N) is 1. The zero-order valence-electron chi connectivity index (χ0n) is 9.18. The average molecular weight is 215 g/mol. The fraction of sp³-hybridized carbons (Fsp3) is 0.636. The molecular formula is C11H19ClN2. The van der Waals surface area contributed by atoms with Crippen LogP contribution in [0.15, 0.2) is 12.3 Å². The number of halogens is 1. The largest absolute Gasteiger partial charge is 0.352 e. The van der Waals surface area contributed by atoms with Gasteiger partial charge in [0.05, 0.1) is 5.02 Å². The van der Waals surface area contributed by atoms with Crippen LogP contribution in [0.25, 0.3) is 0 Å². The lowest BCUT2D eigenvalue weighted by Gasteiger charge is -2.14. The van der Waals surface area contributed by atoms with Crippen LogP contribution in [0, 0.1) is 0 Å². The van der Waals surface area contributed by atoms with Gasteiger partial charge in [0.1, 0.15) is 0 Å². The van der Waals surface area contributed by atoms with Gasteiger partial charge in [0.15, 0.2) is 0 Å². The maximum Gasteiger partial charge on any atom is 0.0585 e. The van der Waals surface area contributed by atoms with E-state index in [-0.39, 0.29) is 0 Å². The van der Waals surface area contributed by atoms with Crippen LogP contribution in [0.4, 0.5) is 0 Å². The van der Waals surface area contributed by atoms with Crippen LogP contribution in [-0.4, -0.2) is 10.6 Å². The Morgan fingerprint density at radius 3 is 2.50 bits per heavy atom. The molecule has 1 heterocycles. The van der Waals surface area contributed by atoms with E-state index in [1.54, 1.807) is 0 Å². The van der Waals surface area contributed by atoms with E-state index >= 15 is 0 Å². The standard InChI is InChI=1S/C11H19ClN2/c1-4-10(5-2)13-7-11-6-9(12)8-14(11)3/h6,8,10,13H,4-5,7H2,1-3H3. The van der Waals surface area contributed by atoms with Gasteiger partial charge in [-0.3, -0.25) is 0 Å². The number of hydrogen-bond donors (Lipinski definition) is 1. The molecule has 0 amide bonds. The van der Waals surface area contributed by atoms with Crippen LogP contribution in [0.1, 0.15) is 32.4 Å². The Bertz CT molecular complexity index is 277. The highest BCUT2D eigenvalue weighted by molar-refractivity contribution is 6.30. The molecule has 0 spiro atoms. The van der Waals surface area contributed by atoms with Gasteiger partial charge in [-0.1, -0.05) is 25.4 Å². The van der Waals surface area contributed by atoms with Crippen LogP contribution in [0.2, 0.25) is 5.02 Å². The highest BCUT2D eigenvalue weighted by Gasteiger charge is 2.05. The number of aryl methyl sites for hydroxylation is 1. The Morgan fingerprint density at radius 1 is 1.43 bits per heavy atom. The Hall–Kier alpha value is -0.470. The van der Waals surface area contributed by atoms with Crippen molar-refractivity contribution < 1.29 is 0 Å². The molecule has 3 heteroatoms. The van der Waals surface area contributed by atoms with Gasteiger partial charge in [-0.15, -0.1) is 0 Å². The summed E-state index contributed by atoms with van der Waals surface area (Å²) in [5.41, 5.74) is 1.24. The van der Waals surface area contributed by atoms with Gasteiger partial charge < -0.3 is 9.88 Å². The molecule has 0 aliphatic carbocycles. The van der Waals surface area contributed by atoms with Gasteiger partial charge in [-0.05, 0) is 18.9 Å². The molecule has 0 saturated carbocycles. The second-order valence-electron chi connectivity index (χ2n) is 3.65. The van der Waals surface area contributed by atoms with E-state index in [0.717, 1.165) is 11.6 Å². The lowest BCUT2D eigenvalue weighted by atomic mass is 10.2. The first-order chi connectivity index (χ1) is 6.67. The van der Waals surface area contributed by atoms with Crippen molar-refractivity contribution in [1.29, 1.82) is 0 Å². The predicted octanol–water partition coefficient (Wildman–Crippen LogP) is 2.96. The third kappa shape index (κ3) is 3.03. The van der Waals surface area contributed by atoms with Crippen LogP contribution < -0.4 is 5.32 Å². The average Bonchev–Trinajstić information content (AvgIpc) is 2.47. The van der Waals surface area contributed by atoms with Crippen LogP contribution in [0.5, 0.6) is 0 Å². The van der Waals surface area contributed by atoms with E-state index < -0.39 is 0 Å². The monoisotopic (exact) mass is 214 g/mol. The number of rotatable bonds is 5. The molecule has 1 rings (SSSR count). The number of aromatic nitrogens is 1. The molecule has 1 N–H and O–H groups in total. The lowest BCUT2D eigenvalue weighted by Crippen LogP contribution is -2.27. The van der Waals surface area contributed by atoms with Crippen molar-refractivity contribution in [1.82, 2.24) is 9.88 Å². The maximum atomic E-state index is 5.90. The highest BCUT2D eigenvalue weighted by atomic mass is 35.5. The van der Waals surface area contributed by atoms with Gasteiger partial charge in [-0.2, -0.15) is 0 Å². The number of hydrogen-bond acceptors (Lipinski definition) is 1. The van der Waals surface area contributed by atoms with Crippen molar-refractivity contribution in [3.05, 3.63) is 23.0 Å². The lowest BCUT2D eigenvalue weighted by molar-refractivity contribution is 0.476. The topological polar surface area (TPSA) is 17.0 Å². The van der Waals surface area contributed by atoms with E-state index in [0.29, 0.717) is 6.04 Å². The summed E-state index contributed by atoms with van der Waals surface area (Å²) in [6, 6.07) is 2.63. The molecule has 1 aromatic heterocycles. The molecule has 14 heavy (non-hydrogen) atoms. The molecule has 80 valence electrons. The van der Waals surface area contributed by atoms with E-state index in [1.165, 1.54) is 18.5 Å². The third-order valence-electron chi connectivity index (χ3n) is 2.63. The summed E-state index contributed by atoms with van der Waals surface area (Å²) in [7, 11) is 2.02. The minimum atomic E-state index is 0.615. The molecule has 0 saturated heterocycles. The Balaban J connectivity index is 2.48. The zero-order chi connectivity index (χ0) is 10.6. The van der Waals surface area contributed by atoms with Gasteiger partial charge in [0.25, 0.3) is 0 Å². The molecule has 0 radical (unpaired) electrons. The first-order valence-electron chi connectivity index (χ1n) is 5.21. The van der Waals surface area contributed by atoms with Gasteiger partial charge in [0, 0.05) is 31.5 Å². The van der Waals surface area contributed by atoms with Crippen molar-refractivity contribution in [2.75, 3.05) is 0 Å². The molecular weight excluding hydrogens is 196 g/mol. The summed E-state index contributed by atoms with van der Waals surface area (Å²) in [6.45, 7) is 5.31. The smallest absolute Gasteiger partial charge is 0.0585 e. The zero-order valence-corrected chi connectivity index (χ0v) is 9.93. The second-order valence-corrected chi connectivity index (χ2v) is 4.09. The maximum absolute atomic E-state index is 5.90. The molecule has 0 fully saturated rings. The Morgan fingerprint density at radius 2 is 2.07 bits per heavy atom. The number of nitrogens with zero attached hydrogens (tertiary/aromatic N) is 1. The summed E-state index contributed by atoms with van der Waals surface area (Å²) in [5, 5.41) is 4.32. The summed E-state index contributed by atoms with van der Waals surface area (Å²) in [4.78, 5) is 0. The summed E-state index contributed by atoms with van der Waals surface area (Å²) in [6.07, 6.45) is 4.29. The normalized spacial score (nSPS) is 11.2. The first kappa shape index (κ1) is 11.6.